The van der Waals surface area contributed by atoms with E-state index in [-0.39, 0.29) is 11.8 Å². The van der Waals surface area contributed by atoms with Crippen molar-refractivity contribution in [3.63, 3.8) is 0 Å². The maximum Gasteiger partial charge on any atom is 0.257 e. The van der Waals surface area contributed by atoms with Gasteiger partial charge in [-0.3, -0.25) is 14.6 Å². The quantitative estimate of drug-likeness (QED) is 0.923. The number of amides is 2. The summed E-state index contributed by atoms with van der Waals surface area (Å²) in [7, 11) is 0. The first kappa shape index (κ1) is 17.6. The van der Waals surface area contributed by atoms with Crippen molar-refractivity contribution in [2.24, 2.45) is 0 Å². The van der Waals surface area contributed by atoms with Gasteiger partial charge in [-0.25, -0.2) is 0 Å². The van der Waals surface area contributed by atoms with E-state index >= 15 is 0 Å². The van der Waals surface area contributed by atoms with Gasteiger partial charge < -0.3 is 10.2 Å². The summed E-state index contributed by atoms with van der Waals surface area (Å²) in [4.78, 5) is 31.0. The van der Waals surface area contributed by atoms with E-state index in [1.807, 2.05) is 11.0 Å². The van der Waals surface area contributed by atoms with Crippen LogP contribution >= 0.6 is 0 Å². The molecule has 0 unspecified atom stereocenters. The minimum absolute atomic E-state index is 0.0828. The molecule has 0 atom stereocenters. The van der Waals surface area contributed by atoms with E-state index in [1.165, 1.54) is 12.4 Å². The average molecular weight is 348 g/mol. The number of rotatable bonds is 3. The Hall–Kier alpha value is -3.20. The van der Waals surface area contributed by atoms with E-state index in [4.69, 9.17) is 5.26 Å². The first-order valence-electron chi connectivity index (χ1n) is 8.73. The summed E-state index contributed by atoms with van der Waals surface area (Å²) in [6.45, 7) is 1.49. The van der Waals surface area contributed by atoms with Crippen molar-refractivity contribution in [3.8, 4) is 6.07 Å². The van der Waals surface area contributed by atoms with Gasteiger partial charge in [-0.2, -0.15) is 5.26 Å². The maximum atomic E-state index is 12.7. The average Bonchev–Trinajstić information content (AvgIpc) is 2.97. The van der Waals surface area contributed by atoms with E-state index in [0.717, 1.165) is 38.8 Å². The van der Waals surface area contributed by atoms with Crippen LogP contribution in [0, 0.1) is 11.3 Å². The van der Waals surface area contributed by atoms with Gasteiger partial charge in [0.15, 0.2) is 0 Å². The Bertz CT molecular complexity index is 849. The zero-order valence-corrected chi connectivity index (χ0v) is 14.4. The van der Waals surface area contributed by atoms with E-state index in [9.17, 15) is 9.59 Å². The van der Waals surface area contributed by atoms with Crippen LogP contribution in [0.5, 0.6) is 0 Å². The third kappa shape index (κ3) is 4.25. The van der Waals surface area contributed by atoms with Gasteiger partial charge in [-0.1, -0.05) is 18.9 Å². The molecule has 0 saturated carbocycles. The number of nitriles is 1. The van der Waals surface area contributed by atoms with Crippen LogP contribution in [-0.2, 0) is 0 Å². The van der Waals surface area contributed by atoms with Crippen LogP contribution in [0.2, 0.25) is 0 Å². The van der Waals surface area contributed by atoms with Crippen molar-refractivity contribution < 1.29 is 9.59 Å². The second-order valence-electron chi connectivity index (χ2n) is 6.32. The second kappa shape index (κ2) is 8.26. The molecular formula is C20H20N4O2. The molecule has 1 N–H and O–H groups in total. The highest BCUT2D eigenvalue weighted by Crippen LogP contribution is 2.15. The van der Waals surface area contributed by atoms with Crippen LogP contribution in [0.1, 0.15) is 52.0 Å². The summed E-state index contributed by atoms with van der Waals surface area (Å²) in [6.07, 6.45) is 7.24. The number of hydrogen-bond donors (Lipinski definition) is 1. The van der Waals surface area contributed by atoms with Gasteiger partial charge in [0.1, 0.15) is 0 Å². The van der Waals surface area contributed by atoms with Gasteiger partial charge in [-0.15, -0.1) is 0 Å². The molecule has 3 rings (SSSR count). The molecule has 1 aliphatic heterocycles. The third-order valence-corrected chi connectivity index (χ3v) is 4.39. The molecule has 1 aromatic carbocycles. The molecule has 132 valence electrons. The molecule has 1 saturated heterocycles. The molecule has 2 aromatic rings. The van der Waals surface area contributed by atoms with Crippen molar-refractivity contribution in [1.29, 1.82) is 5.26 Å². The van der Waals surface area contributed by atoms with Crippen molar-refractivity contribution in [2.75, 3.05) is 18.4 Å². The van der Waals surface area contributed by atoms with E-state index in [0.29, 0.717) is 22.4 Å². The summed E-state index contributed by atoms with van der Waals surface area (Å²) in [5.74, 6) is -0.446. The number of benzene rings is 1. The first-order valence-corrected chi connectivity index (χ1v) is 8.73. The topological polar surface area (TPSA) is 86.1 Å². The predicted octanol–water partition coefficient (Wildman–Crippen LogP) is 3.22. The van der Waals surface area contributed by atoms with Crippen molar-refractivity contribution >= 4 is 17.5 Å². The monoisotopic (exact) mass is 348 g/mol. The Morgan fingerprint density at radius 2 is 1.77 bits per heavy atom. The molecule has 0 aliphatic carbocycles. The van der Waals surface area contributed by atoms with Crippen LogP contribution in [0.15, 0.2) is 42.7 Å². The number of anilines is 1. The largest absolute Gasteiger partial charge is 0.339 e. The Labute approximate surface area is 152 Å². The maximum absolute atomic E-state index is 12.7. The summed E-state index contributed by atoms with van der Waals surface area (Å²) in [6, 6.07) is 10.3. The molecule has 6 nitrogen and oxygen atoms in total. The normalized spacial score (nSPS) is 14.2. The van der Waals surface area contributed by atoms with Crippen molar-refractivity contribution in [2.45, 2.75) is 25.7 Å². The van der Waals surface area contributed by atoms with Gasteiger partial charge in [0.25, 0.3) is 11.8 Å². The van der Waals surface area contributed by atoms with Gasteiger partial charge in [0, 0.05) is 31.2 Å². The minimum atomic E-state index is -0.363. The Morgan fingerprint density at radius 3 is 2.50 bits per heavy atom. The third-order valence-electron chi connectivity index (χ3n) is 4.39. The van der Waals surface area contributed by atoms with E-state index < -0.39 is 0 Å². The van der Waals surface area contributed by atoms with Gasteiger partial charge in [-0.05, 0) is 37.1 Å². The lowest BCUT2D eigenvalue weighted by molar-refractivity contribution is 0.0761. The number of likely N-dealkylation sites (tertiary alicyclic amines) is 1. The number of carbonyl (C=O) groups is 2. The number of nitrogens with one attached hydrogen (secondary N) is 1. The number of carbonyl (C=O) groups excluding carboxylic acids is 2. The highest BCUT2D eigenvalue weighted by molar-refractivity contribution is 6.05. The standard InChI is InChI=1S/C20H20N4O2/c21-12-15-6-5-7-18(10-15)23-19(25)16-11-17(14-22-13-16)20(26)24-8-3-1-2-4-9-24/h5-7,10-11,13-14H,1-4,8-9H2,(H,23,25). The number of pyridine rings is 1. The Kier molecular flexibility index (Phi) is 5.59. The minimum Gasteiger partial charge on any atom is -0.339 e. The SMILES string of the molecule is N#Cc1cccc(NC(=O)c2cncc(C(=O)N3CCCCCC3)c2)c1. The number of nitrogens with zero attached hydrogens (tertiary/aromatic N) is 3. The van der Waals surface area contributed by atoms with Crippen LogP contribution in [0.4, 0.5) is 5.69 Å². The number of aromatic nitrogens is 1. The molecule has 26 heavy (non-hydrogen) atoms. The van der Waals surface area contributed by atoms with Gasteiger partial charge >= 0.3 is 0 Å². The molecule has 1 fully saturated rings. The molecule has 6 heteroatoms. The second-order valence-corrected chi connectivity index (χ2v) is 6.32. The Balaban J connectivity index is 1.74. The van der Waals surface area contributed by atoms with Crippen LogP contribution in [0.25, 0.3) is 0 Å². The highest BCUT2D eigenvalue weighted by atomic mass is 16.2. The first-order chi connectivity index (χ1) is 12.7. The lowest BCUT2D eigenvalue weighted by Crippen LogP contribution is -2.32. The molecule has 0 spiro atoms. The van der Waals surface area contributed by atoms with Crippen molar-refractivity contribution in [3.05, 3.63) is 59.4 Å². The van der Waals surface area contributed by atoms with Crippen molar-refractivity contribution in [1.82, 2.24) is 9.88 Å². The summed E-state index contributed by atoms with van der Waals surface area (Å²) < 4.78 is 0. The zero-order chi connectivity index (χ0) is 18.4. The van der Waals surface area contributed by atoms with Crippen LogP contribution in [0.3, 0.4) is 0 Å². The number of hydrogen-bond acceptors (Lipinski definition) is 4. The fourth-order valence-corrected chi connectivity index (χ4v) is 3.01. The van der Waals surface area contributed by atoms with Gasteiger partial charge in [0.2, 0.25) is 0 Å². The zero-order valence-electron chi connectivity index (χ0n) is 14.4. The summed E-state index contributed by atoms with van der Waals surface area (Å²) in [5.41, 5.74) is 1.72. The smallest absolute Gasteiger partial charge is 0.257 e. The van der Waals surface area contributed by atoms with Gasteiger partial charge in [0.05, 0.1) is 22.8 Å². The highest BCUT2D eigenvalue weighted by Gasteiger charge is 2.19. The molecule has 0 radical (unpaired) electrons. The molecule has 2 heterocycles. The molecule has 0 bridgehead atoms. The molecular weight excluding hydrogens is 328 g/mol. The fraction of sp³-hybridized carbons (Fsp3) is 0.300. The molecule has 1 aromatic heterocycles. The summed E-state index contributed by atoms with van der Waals surface area (Å²) >= 11 is 0. The van der Waals surface area contributed by atoms with E-state index in [2.05, 4.69) is 10.3 Å². The predicted molar refractivity (Wildman–Crippen MR) is 97.7 cm³/mol. The van der Waals surface area contributed by atoms with Crippen LogP contribution in [-0.4, -0.2) is 34.8 Å². The fourth-order valence-electron chi connectivity index (χ4n) is 3.01. The molecule has 1 aliphatic rings. The lowest BCUT2D eigenvalue weighted by atomic mass is 10.1. The van der Waals surface area contributed by atoms with Crippen LogP contribution < -0.4 is 5.32 Å². The molecule has 2 amide bonds. The lowest BCUT2D eigenvalue weighted by Gasteiger charge is -2.20. The summed E-state index contributed by atoms with van der Waals surface area (Å²) in [5, 5.41) is 11.7. The van der Waals surface area contributed by atoms with E-state index in [1.54, 1.807) is 30.3 Å². The Morgan fingerprint density at radius 1 is 1.04 bits per heavy atom.